The minimum atomic E-state index is -0.303. The monoisotopic (exact) mass is 476 g/mol. The number of hydrogen-bond acceptors (Lipinski definition) is 3. The number of rotatable bonds is 18. The van der Waals surface area contributed by atoms with Crippen LogP contribution < -0.4 is 0 Å². The van der Waals surface area contributed by atoms with E-state index in [1.165, 1.54) is 12.8 Å². The Morgan fingerprint density at radius 2 is 1.50 bits per heavy atom. The number of carbonyl (C=O) groups excluding carboxylic acids is 1. The number of hydrogen-bond donors (Lipinski definition) is 0. The lowest BCUT2D eigenvalue weighted by molar-refractivity contribution is -0.125. The average Bonchev–Trinajstić information content (AvgIpc) is 2.83. The number of allylic oxidation sites excluding steroid dienone is 1. The maximum atomic E-state index is 13.6. The Morgan fingerprint density at radius 3 is 1.97 bits per heavy atom. The van der Waals surface area contributed by atoms with Gasteiger partial charge in [-0.2, -0.15) is 0 Å². The van der Waals surface area contributed by atoms with Crippen molar-refractivity contribution in [2.75, 3.05) is 26.2 Å². The second-order valence-electron chi connectivity index (χ2n) is 10.4. The standard InChI is InChI=1S/C29H56N4O/c1-11-17-19-21-29(9,20-18-12-2)26(34)25(13-3)24-31-27(30-10)32(15-5)22-23-33(16-6)28(7,8)14-4/h24H,10-23H2,1-9H3/b25-24+,31-27?. The number of carbonyl (C=O) groups is 1. The molecule has 0 aromatic heterocycles. The summed E-state index contributed by atoms with van der Waals surface area (Å²) >= 11 is 0. The molecule has 0 saturated carbocycles. The molecule has 0 N–H and O–H groups in total. The third-order valence-electron chi connectivity index (χ3n) is 7.52. The zero-order valence-corrected chi connectivity index (χ0v) is 24.2. The Bertz CT molecular complexity index is 653. The number of aliphatic imine (C=N–C) groups is 2. The van der Waals surface area contributed by atoms with Gasteiger partial charge in [-0.05, 0) is 59.7 Å². The zero-order valence-electron chi connectivity index (χ0n) is 24.2. The summed E-state index contributed by atoms with van der Waals surface area (Å²) in [5.74, 6) is 0.865. The molecule has 5 nitrogen and oxygen atoms in total. The molecule has 0 aliphatic rings. The van der Waals surface area contributed by atoms with Gasteiger partial charge in [-0.3, -0.25) is 9.69 Å². The summed E-state index contributed by atoms with van der Waals surface area (Å²) in [7, 11) is 0. The first kappa shape index (κ1) is 32.5. The predicted octanol–water partition coefficient (Wildman–Crippen LogP) is 7.52. The van der Waals surface area contributed by atoms with Crippen molar-refractivity contribution in [1.82, 2.24) is 9.80 Å². The van der Waals surface area contributed by atoms with Crippen LogP contribution in [0.1, 0.15) is 120 Å². The minimum Gasteiger partial charge on any atom is -0.340 e. The third-order valence-corrected chi connectivity index (χ3v) is 7.52. The summed E-state index contributed by atoms with van der Waals surface area (Å²) in [4.78, 5) is 27.2. The maximum absolute atomic E-state index is 13.6. The molecule has 0 aliphatic heterocycles. The third kappa shape index (κ3) is 10.4. The van der Waals surface area contributed by atoms with Crippen molar-refractivity contribution in [1.29, 1.82) is 0 Å². The molecule has 0 fully saturated rings. The highest BCUT2D eigenvalue weighted by molar-refractivity contribution is 5.99. The van der Waals surface area contributed by atoms with Gasteiger partial charge >= 0.3 is 0 Å². The molecule has 1 unspecified atom stereocenters. The van der Waals surface area contributed by atoms with Crippen LogP contribution in [0.2, 0.25) is 0 Å². The van der Waals surface area contributed by atoms with E-state index in [9.17, 15) is 4.79 Å². The molecular formula is C29H56N4O. The lowest BCUT2D eigenvalue weighted by atomic mass is 9.74. The Balaban J connectivity index is 5.72. The average molecular weight is 477 g/mol. The molecule has 0 aromatic carbocycles. The van der Waals surface area contributed by atoms with Crippen molar-refractivity contribution in [3.05, 3.63) is 11.8 Å². The van der Waals surface area contributed by atoms with Crippen LogP contribution in [0.25, 0.3) is 0 Å². The summed E-state index contributed by atoms with van der Waals surface area (Å²) < 4.78 is 0. The lowest BCUT2D eigenvalue weighted by Gasteiger charge is -2.38. The van der Waals surface area contributed by atoms with Gasteiger partial charge in [-0.1, -0.05) is 73.6 Å². The highest BCUT2D eigenvalue weighted by Crippen LogP contribution is 2.35. The highest BCUT2D eigenvalue weighted by Gasteiger charge is 2.33. The van der Waals surface area contributed by atoms with Crippen molar-refractivity contribution >= 4 is 18.5 Å². The number of nitrogens with zero attached hydrogens (tertiary/aromatic N) is 4. The molecule has 0 rings (SSSR count). The summed E-state index contributed by atoms with van der Waals surface area (Å²) in [6.45, 7) is 27.1. The molecule has 0 saturated heterocycles. The largest absolute Gasteiger partial charge is 0.340 e. The van der Waals surface area contributed by atoms with Gasteiger partial charge in [-0.15, -0.1) is 0 Å². The number of guanidine groups is 1. The van der Waals surface area contributed by atoms with E-state index in [0.717, 1.165) is 70.3 Å². The second-order valence-corrected chi connectivity index (χ2v) is 10.4. The summed E-state index contributed by atoms with van der Waals surface area (Å²) in [5.41, 5.74) is 0.659. The number of unbranched alkanes of at least 4 members (excludes halogenated alkanes) is 3. The first-order chi connectivity index (χ1) is 16.1. The number of likely N-dealkylation sites (N-methyl/N-ethyl adjacent to an activating group) is 2. The number of ketones is 1. The summed E-state index contributed by atoms with van der Waals surface area (Å²) in [6, 6.07) is 0. The molecule has 0 bridgehead atoms. The first-order valence-corrected chi connectivity index (χ1v) is 13.9. The van der Waals surface area contributed by atoms with Crippen LogP contribution >= 0.6 is 0 Å². The zero-order chi connectivity index (χ0) is 26.2. The van der Waals surface area contributed by atoms with E-state index in [1.807, 2.05) is 0 Å². The molecule has 0 aromatic rings. The lowest BCUT2D eigenvalue weighted by Crippen LogP contribution is -2.47. The normalized spacial score (nSPS) is 14.9. The summed E-state index contributed by atoms with van der Waals surface area (Å²) in [5, 5.41) is 0. The summed E-state index contributed by atoms with van der Waals surface area (Å²) in [6.07, 6.45) is 11.1. The molecule has 0 spiro atoms. The fraction of sp³-hybridized carbons (Fsp3) is 0.828. The van der Waals surface area contributed by atoms with Gasteiger partial charge in [0.2, 0.25) is 5.96 Å². The van der Waals surface area contributed by atoms with E-state index in [2.05, 4.69) is 83.8 Å². The molecule has 0 aliphatic carbocycles. The molecule has 1 atom stereocenters. The van der Waals surface area contributed by atoms with E-state index in [0.29, 0.717) is 12.4 Å². The van der Waals surface area contributed by atoms with E-state index < -0.39 is 0 Å². The van der Waals surface area contributed by atoms with Gasteiger partial charge in [0.25, 0.3) is 0 Å². The van der Waals surface area contributed by atoms with Gasteiger partial charge in [0, 0.05) is 42.4 Å². The van der Waals surface area contributed by atoms with Crippen LogP contribution in [-0.2, 0) is 4.79 Å². The SMILES string of the molecule is C=NC(=N/C=C(\CC)C(=O)C(C)(CCCC)CCCCC)N(CC)CCN(CC)C(C)(C)CC. The van der Waals surface area contributed by atoms with Gasteiger partial charge in [0.05, 0.1) is 0 Å². The van der Waals surface area contributed by atoms with Crippen molar-refractivity contribution in [3.63, 3.8) is 0 Å². The minimum absolute atomic E-state index is 0.162. The molecule has 198 valence electrons. The topological polar surface area (TPSA) is 48.3 Å². The van der Waals surface area contributed by atoms with Gasteiger partial charge in [-0.25, -0.2) is 9.98 Å². The van der Waals surface area contributed by atoms with E-state index in [-0.39, 0.29) is 16.7 Å². The van der Waals surface area contributed by atoms with Crippen molar-refractivity contribution in [2.24, 2.45) is 15.4 Å². The van der Waals surface area contributed by atoms with Crippen molar-refractivity contribution < 1.29 is 4.79 Å². The van der Waals surface area contributed by atoms with Crippen molar-refractivity contribution in [2.45, 2.75) is 126 Å². The van der Waals surface area contributed by atoms with E-state index in [1.54, 1.807) is 6.20 Å². The van der Waals surface area contributed by atoms with Crippen LogP contribution in [0.3, 0.4) is 0 Å². The molecule has 5 heteroatoms. The van der Waals surface area contributed by atoms with Crippen LogP contribution in [-0.4, -0.2) is 60.0 Å². The van der Waals surface area contributed by atoms with Crippen LogP contribution in [0, 0.1) is 5.41 Å². The van der Waals surface area contributed by atoms with E-state index in [4.69, 9.17) is 4.99 Å². The van der Waals surface area contributed by atoms with Crippen molar-refractivity contribution in [3.8, 4) is 0 Å². The van der Waals surface area contributed by atoms with E-state index >= 15 is 0 Å². The Morgan fingerprint density at radius 1 is 0.882 bits per heavy atom. The van der Waals surface area contributed by atoms with Gasteiger partial charge in [0.15, 0.2) is 5.78 Å². The molecule has 0 amide bonds. The predicted molar refractivity (Wildman–Crippen MR) is 151 cm³/mol. The fourth-order valence-electron chi connectivity index (χ4n) is 4.49. The van der Waals surface area contributed by atoms with Gasteiger partial charge < -0.3 is 4.90 Å². The first-order valence-electron chi connectivity index (χ1n) is 13.9. The Kier molecular flexibility index (Phi) is 16.3. The second kappa shape index (κ2) is 17.0. The highest BCUT2D eigenvalue weighted by atomic mass is 16.1. The van der Waals surface area contributed by atoms with Crippen LogP contribution in [0.4, 0.5) is 0 Å². The fourth-order valence-corrected chi connectivity index (χ4v) is 4.49. The molecule has 34 heavy (non-hydrogen) atoms. The molecular weight excluding hydrogens is 420 g/mol. The quantitative estimate of drug-likeness (QED) is 0.0889. The smallest absolute Gasteiger partial charge is 0.224 e. The van der Waals surface area contributed by atoms with Gasteiger partial charge in [0.1, 0.15) is 0 Å². The Labute approximate surface area is 212 Å². The maximum Gasteiger partial charge on any atom is 0.224 e. The number of Topliss-reactive ketones (excluding diaryl/α,β-unsaturated/α-hetero) is 1. The van der Waals surface area contributed by atoms with Crippen LogP contribution in [0.5, 0.6) is 0 Å². The molecule has 0 heterocycles. The Hall–Kier alpha value is -1.49. The molecule has 0 radical (unpaired) electrons. The van der Waals surface area contributed by atoms with Crippen LogP contribution in [0.15, 0.2) is 21.8 Å².